The van der Waals surface area contributed by atoms with Gasteiger partial charge >= 0.3 is 0 Å². The van der Waals surface area contributed by atoms with E-state index >= 15 is 0 Å². The Morgan fingerprint density at radius 1 is 1.50 bits per heavy atom. The number of rotatable bonds is 4. The van der Waals surface area contributed by atoms with Gasteiger partial charge in [-0.15, -0.1) is 0 Å². The first-order chi connectivity index (χ1) is 9.38. The molecule has 1 N–H and O–H groups in total. The zero-order valence-corrected chi connectivity index (χ0v) is 12.9. The summed E-state index contributed by atoms with van der Waals surface area (Å²) in [6, 6.07) is 3.10. The monoisotopic (exact) mass is 299 g/mol. The van der Waals surface area contributed by atoms with Gasteiger partial charge in [0.15, 0.2) is 0 Å². The van der Waals surface area contributed by atoms with Crippen molar-refractivity contribution in [3.05, 3.63) is 18.3 Å². The average Bonchev–Trinajstić information content (AvgIpc) is 2.38. The Balaban J connectivity index is 2.36. The van der Waals surface area contributed by atoms with E-state index in [-0.39, 0.29) is 4.90 Å². The lowest BCUT2D eigenvalue weighted by Crippen LogP contribution is -2.55. The topological polar surface area (TPSA) is 71.5 Å². The number of sulfonamides is 1. The number of ether oxygens (including phenoxy) is 1. The van der Waals surface area contributed by atoms with Crippen molar-refractivity contribution < 1.29 is 13.2 Å². The molecular formula is C13H21N3O3S. The molecule has 0 atom stereocenters. The molecule has 20 heavy (non-hydrogen) atoms. The molecule has 2 heterocycles. The number of morpholine rings is 1. The van der Waals surface area contributed by atoms with Gasteiger partial charge in [-0.3, -0.25) is 0 Å². The third-order valence-corrected chi connectivity index (χ3v) is 5.35. The molecule has 0 aliphatic carbocycles. The molecule has 0 bridgehead atoms. The van der Waals surface area contributed by atoms with E-state index in [0.29, 0.717) is 32.1 Å². The first-order valence-corrected chi connectivity index (χ1v) is 8.12. The van der Waals surface area contributed by atoms with E-state index in [1.165, 1.54) is 16.6 Å². The molecule has 0 saturated carbocycles. The molecule has 1 aliphatic heterocycles. The third-order valence-electron chi connectivity index (χ3n) is 3.25. The summed E-state index contributed by atoms with van der Waals surface area (Å²) < 4.78 is 32.4. The van der Waals surface area contributed by atoms with Crippen LogP contribution in [0.1, 0.15) is 20.8 Å². The van der Waals surface area contributed by atoms with E-state index in [1.54, 1.807) is 6.07 Å². The van der Waals surface area contributed by atoms with Crippen LogP contribution in [0.3, 0.4) is 0 Å². The van der Waals surface area contributed by atoms with Crippen molar-refractivity contribution in [3.63, 3.8) is 0 Å². The molecule has 1 aromatic rings. The van der Waals surface area contributed by atoms with Gasteiger partial charge in [-0.05, 0) is 26.8 Å². The maximum absolute atomic E-state index is 12.8. The molecule has 1 aliphatic rings. The summed E-state index contributed by atoms with van der Waals surface area (Å²) >= 11 is 0. The van der Waals surface area contributed by atoms with Crippen LogP contribution >= 0.6 is 0 Å². The molecule has 0 amide bonds. The highest BCUT2D eigenvalue weighted by atomic mass is 32.2. The van der Waals surface area contributed by atoms with E-state index in [1.807, 2.05) is 20.8 Å². The molecule has 0 aromatic carbocycles. The van der Waals surface area contributed by atoms with Crippen molar-refractivity contribution in [3.8, 4) is 0 Å². The van der Waals surface area contributed by atoms with Gasteiger partial charge in [0, 0.05) is 25.4 Å². The minimum Gasteiger partial charge on any atom is -0.378 e. The van der Waals surface area contributed by atoms with Crippen molar-refractivity contribution in [2.75, 3.05) is 31.6 Å². The third kappa shape index (κ3) is 2.94. The molecule has 6 nitrogen and oxygen atoms in total. The van der Waals surface area contributed by atoms with Crippen LogP contribution in [0.25, 0.3) is 0 Å². The normalized spacial score (nSPS) is 19.8. The highest BCUT2D eigenvalue weighted by Gasteiger charge is 2.39. The molecule has 0 unspecified atom stereocenters. The number of pyridine rings is 1. The molecule has 0 radical (unpaired) electrons. The maximum atomic E-state index is 12.8. The average molecular weight is 299 g/mol. The Kier molecular flexibility index (Phi) is 4.31. The summed E-state index contributed by atoms with van der Waals surface area (Å²) in [7, 11) is -3.54. The van der Waals surface area contributed by atoms with Gasteiger partial charge in [0.2, 0.25) is 10.0 Å². The minimum atomic E-state index is -3.54. The predicted molar refractivity (Wildman–Crippen MR) is 77.2 cm³/mol. The molecule has 112 valence electrons. The number of aromatic nitrogens is 1. The molecule has 1 fully saturated rings. The van der Waals surface area contributed by atoms with Crippen molar-refractivity contribution in [2.45, 2.75) is 31.2 Å². The number of nitrogens with zero attached hydrogens (tertiary/aromatic N) is 2. The second kappa shape index (κ2) is 5.67. The summed E-state index contributed by atoms with van der Waals surface area (Å²) in [5.74, 6) is 0.569. The van der Waals surface area contributed by atoms with Crippen LogP contribution in [0.15, 0.2) is 23.2 Å². The molecule has 2 rings (SSSR count). The van der Waals surface area contributed by atoms with Gasteiger partial charge in [0.05, 0.1) is 23.6 Å². The molecular weight excluding hydrogens is 278 g/mol. The van der Waals surface area contributed by atoms with Crippen LogP contribution in [0.5, 0.6) is 0 Å². The molecule has 1 saturated heterocycles. The van der Waals surface area contributed by atoms with Crippen molar-refractivity contribution >= 4 is 15.8 Å². The van der Waals surface area contributed by atoms with Gasteiger partial charge in [-0.1, -0.05) is 0 Å². The minimum absolute atomic E-state index is 0.262. The summed E-state index contributed by atoms with van der Waals surface area (Å²) in [6.45, 7) is 7.57. The molecule has 1 aromatic heterocycles. The van der Waals surface area contributed by atoms with Crippen molar-refractivity contribution in [2.24, 2.45) is 0 Å². The highest BCUT2D eigenvalue weighted by Crippen LogP contribution is 2.27. The van der Waals surface area contributed by atoms with Gasteiger partial charge in [0.25, 0.3) is 0 Å². The fraction of sp³-hybridized carbons (Fsp3) is 0.615. The largest absolute Gasteiger partial charge is 0.378 e. The van der Waals surface area contributed by atoms with Crippen molar-refractivity contribution in [1.82, 2.24) is 9.29 Å². The first kappa shape index (κ1) is 15.2. The Morgan fingerprint density at radius 3 is 2.90 bits per heavy atom. The van der Waals surface area contributed by atoms with E-state index < -0.39 is 15.6 Å². The van der Waals surface area contributed by atoms with E-state index in [2.05, 4.69) is 10.3 Å². The van der Waals surface area contributed by atoms with Gasteiger partial charge in [0.1, 0.15) is 5.82 Å². The van der Waals surface area contributed by atoms with Crippen LogP contribution < -0.4 is 5.32 Å². The standard InChI is InChI=1S/C13H21N3O3S/c1-4-14-12-9-11(5-6-15-12)20(17,18)16-7-8-19-10-13(16,2)3/h5-6,9H,4,7-8,10H2,1-3H3,(H,14,15). The second-order valence-electron chi connectivity index (χ2n) is 5.35. The molecule has 7 heteroatoms. The smallest absolute Gasteiger partial charge is 0.243 e. The number of hydrogen-bond acceptors (Lipinski definition) is 5. The summed E-state index contributed by atoms with van der Waals surface area (Å²) in [5, 5.41) is 3.02. The van der Waals surface area contributed by atoms with Crippen LogP contribution in [0.2, 0.25) is 0 Å². The van der Waals surface area contributed by atoms with E-state index in [0.717, 1.165) is 0 Å². The maximum Gasteiger partial charge on any atom is 0.243 e. The van der Waals surface area contributed by atoms with Crippen LogP contribution in [0.4, 0.5) is 5.82 Å². The second-order valence-corrected chi connectivity index (χ2v) is 7.21. The fourth-order valence-corrected chi connectivity index (χ4v) is 4.03. The van der Waals surface area contributed by atoms with Gasteiger partial charge in [-0.25, -0.2) is 13.4 Å². The number of hydrogen-bond donors (Lipinski definition) is 1. The van der Waals surface area contributed by atoms with Crippen LogP contribution in [0, 0.1) is 0 Å². The number of nitrogens with one attached hydrogen (secondary N) is 1. The SMILES string of the molecule is CCNc1cc(S(=O)(=O)N2CCOCC2(C)C)ccn1. The lowest BCUT2D eigenvalue weighted by molar-refractivity contribution is -0.00770. The Bertz CT molecular complexity index is 572. The van der Waals surface area contributed by atoms with E-state index in [9.17, 15) is 8.42 Å². The first-order valence-electron chi connectivity index (χ1n) is 6.68. The Labute approximate surface area is 120 Å². The highest BCUT2D eigenvalue weighted by molar-refractivity contribution is 7.89. The van der Waals surface area contributed by atoms with Crippen LogP contribution in [-0.2, 0) is 14.8 Å². The zero-order valence-electron chi connectivity index (χ0n) is 12.1. The Morgan fingerprint density at radius 2 is 2.25 bits per heavy atom. The quantitative estimate of drug-likeness (QED) is 0.907. The number of anilines is 1. The lowest BCUT2D eigenvalue weighted by atomic mass is 10.1. The lowest BCUT2D eigenvalue weighted by Gasteiger charge is -2.40. The summed E-state index contributed by atoms with van der Waals surface area (Å²) in [5.41, 5.74) is -0.543. The van der Waals surface area contributed by atoms with E-state index in [4.69, 9.17) is 4.74 Å². The predicted octanol–water partition coefficient (Wildman–Crippen LogP) is 1.31. The summed E-state index contributed by atoms with van der Waals surface area (Å²) in [6.07, 6.45) is 1.51. The van der Waals surface area contributed by atoms with Crippen molar-refractivity contribution in [1.29, 1.82) is 0 Å². The van der Waals surface area contributed by atoms with Crippen LogP contribution in [-0.4, -0.2) is 49.5 Å². The van der Waals surface area contributed by atoms with Gasteiger partial charge < -0.3 is 10.1 Å². The fourth-order valence-electron chi connectivity index (χ4n) is 2.27. The zero-order chi connectivity index (χ0) is 14.8. The summed E-state index contributed by atoms with van der Waals surface area (Å²) in [4.78, 5) is 4.37. The Hall–Kier alpha value is -1.18. The van der Waals surface area contributed by atoms with Gasteiger partial charge in [-0.2, -0.15) is 4.31 Å². The molecule has 0 spiro atoms.